The van der Waals surface area contributed by atoms with E-state index >= 15 is 0 Å². The predicted molar refractivity (Wildman–Crippen MR) is 188 cm³/mol. The first-order valence-corrected chi connectivity index (χ1v) is 16.4. The second-order valence-electron chi connectivity index (χ2n) is 11.4. The van der Waals surface area contributed by atoms with Crippen molar-refractivity contribution in [2.75, 3.05) is 31.0 Å². The summed E-state index contributed by atoms with van der Waals surface area (Å²) in [5.74, 6) is -0.0519. The van der Waals surface area contributed by atoms with Crippen molar-refractivity contribution >= 4 is 56.3 Å². The van der Waals surface area contributed by atoms with Crippen molar-refractivity contribution in [2.24, 2.45) is 5.92 Å². The van der Waals surface area contributed by atoms with Crippen LogP contribution in [0.25, 0.3) is 32.7 Å². The van der Waals surface area contributed by atoms with Crippen molar-refractivity contribution in [2.45, 2.75) is 32.6 Å². The molecular formula is C39H38ClNO6. The number of ether oxygens (including phenoxy) is 2. The Morgan fingerprint density at radius 1 is 0.809 bits per heavy atom. The molecule has 1 atom stereocenters. The van der Waals surface area contributed by atoms with Crippen molar-refractivity contribution in [1.29, 1.82) is 0 Å². The Labute approximate surface area is 279 Å². The molecule has 2 N–H and O–H groups in total. The van der Waals surface area contributed by atoms with Crippen LogP contribution in [0.15, 0.2) is 97.1 Å². The second-order valence-corrected chi connectivity index (χ2v) is 11.8. The number of rotatable bonds is 16. The minimum Gasteiger partial charge on any atom is -0.493 e. The van der Waals surface area contributed by atoms with Crippen LogP contribution in [0.5, 0.6) is 11.5 Å². The lowest BCUT2D eigenvalue weighted by molar-refractivity contribution is -0.127. The zero-order chi connectivity index (χ0) is 33.2. The molecule has 0 saturated heterocycles. The number of fused-ring (bicyclic) bond motifs is 2. The van der Waals surface area contributed by atoms with Gasteiger partial charge in [-0.25, -0.2) is 0 Å². The summed E-state index contributed by atoms with van der Waals surface area (Å²) >= 11 is 5.96. The number of halogens is 1. The number of hydrogen-bond donors (Lipinski definition) is 2. The zero-order valence-electron chi connectivity index (χ0n) is 26.3. The number of amides is 1. The number of aliphatic hydroxyl groups excluding tert-OH is 1. The number of carbonyl (C=O) groups excluding carboxylic acids is 3. The lowest BCUT2D eigenvalue weighted by Gasteiger charge is -2.20. The zero-order valence-corrected chi connectivity index (χ0v) is 27.1. The molecule has 242 valence electrons. The number of ketones is 2. The van der Waals surface area contributed by atoms with Crippen molar-refractivity contribution in [3.63, 3.8) is 0 Å². The van der Waals surface area contributed by atoms with E-state index in [1.54, 1.807) is 18.2 Å². The summed E-state index contributed by atoms with van der Waals surface area (Å²) in [6.07, 6.45) is 1.77. The summed E-state index contributed by atoms with van der Waals surface area (Å²) in [6.45, 7) is 1.76. The Balaban J connectivity index is 1.42. The number of alkyl halides is 1. The van der Waals surface area contributed by atoms with E-state index in [9.17, 15) is 19.5 Å². The van der Waals surface area contributed by atoms with Crippen molar-refractivity contribution < 1.29 is 29.0 Å². The maximum absolute atomic E-state index is 13.4. The van der Waals surface area contributed by atoms with Gasteiger partial charge in [0.15, 0.2) is 11.6 Å². The third kappa shape index (κ3) is 8.17. The van der Waals surface area contributed by atoms with Gasteiger partial charge in [0.1, 0.15) is 24.7 Å². The molecule has 0 fully saturated rings. The molecule has 0 aromatic heterocycles. The fraction of sp³-hybridized carbons (Fsp3) is 0.256. The molecule has 0 heterocycles. The average Bonchev–Trinajstić information content (AvgIpc) is 3.10. The summed E-state index contributed by atoms with van der Waals surface area (Å²) < 4.78 is 12.6. The molecule has 0 saturated carbocycles. The molecule has 5 aromatic rings. The molecule has 47 heavy (non-hydrogen) atoms. The van der Waals surface area contributed by atoms with Crippen LogP contribution >= 0.6 is 11.6 Å². The molecule has 7 nitrogen and oxygen atoms in total. The van der Waals surface area contributed by atoms with Gasteiger partial charge < -0.3 is 19.9 Å². The van der Waals surface area contributed by atoms with E-state index in [4.69, 9.17) is 21.1 Å². The largest absolute Gasteiger partial charge is 0.493 e. The van der Waals surface area contributed by atoms with Crippen LogP contribution in [-0.4, -0.2) is 48.3 Å². The number of aliphatic hydroxyl groups is 1. The molecule has 0 aliphatic carbocycles. The highest BCUT2D eigenvalue weighted by Crippen LogP contribution is 2.45. The van der Waals surface area contributed by atoms with E-state index in [0.717, 1.165) is 44.8 Å². The number of carbonyl (C=O) groups is 3. The summed E-state index contributed by atoms with van der Waals surface area (Å²) in [5, 5.41) is 16.1. The van der Waals surface area contributed by atoms with Gasteiger partial charge in [-0.3, -0.25) is 14.4 Å². The third-order valence-corrected chi connectivity index (χ3v) is 8.28. The molecular weight excluding hydrogens is 614 g/mol. The van der Waals surface area contributed by atoms with E-state index in [0.29, 0.717) is 36.8 Å². The van der Waals surface area contributed by atoms with Gasteiger partial charge in [-0.1, -0.05) is 79.7 Å². The van der Waals surface area contributed by atoms with Crippen LogP contribution in [0.1, 0.15) is 43.0 Å². The van der Waals surface area contributed by atoms with Gasteiger partial charge in [0, 0.05) is 40.6 Å². The predicted octanol–water partition coefficient (Wildman–Crippen LogP) is 8.24. The van der Waals surface area contributed by atoms with E-state index in [1.165, 1.54) is 6.07 Å². The fourth-order valence-corrected chi connectivity index (χ4v) is 5.87. The van der Waals surface area contributed by atoms with Crippen molar-refractivity contribution in [3.8, 4) is 22.6 Å². The van der Waals surface area contributed by atoms with Gasteiger partial charge in [0.25, 0.3) is 0 Å². The molecule has 5 rings (SSSR count). The molecule has 0 bridgehead atoms. The lowest BCUT2D eigenvalue weighted by Crippen LogP contribution is -2.27. The fourth-order valence-electron chi connectivity index (χ4n) is 5.72. The normalized spacial score (nSPS) is 11.7. The van der Waals surface area contributed by atoms with Gasteiger partial charge in [0.2, 0.25) is 5.91 Å². The number of nitrogens with one attached hydrogen (secondary N) is 1. The standard InChI is InChI=1S/C39H38ClNO6/c1-2-21-46-35-18-16-26-9-3-5-14-32(26)37(35)38-33-15-6-4-10-27(33)17-19-36(38)47-25-31(43)23-29(12-8-20-40)39(45)41-30-13-7-11-28(22-30)34(44)24-42/h3-7,9-11,13-19,22,29,42H,2,8,12,20-21,23-25H2,1H3,(H,41,45)/t29-/m0/s1. The van der Waals surface area contributed by atoms with Gasteiger partial charge in [-0.15, -0.1) is 11.6 Å². The van der Waals surface area contributed by atoms with Crippen LogP contribution in [0.3, 0.4) is 0 Å². The minimum atomic E-state index is -0.648. The molecule has 0 aliphatic heterocycles. The number of hydrogen-bond acceptors (Lipinski definition) is 6. The monoisotopic (exact) mass is 651 g/mol. The topological polar surface area (TPSA) is 102 Å². The average molecular weight is 652 g/mol. The Bertz CT molecular complexity index is 1890. The van der Waals surface area contributed by atoms with E-state index in [2.05, 4.69) is 24.4 Å². The molecule has 1 amide bonds. The molecule has 0 radical (unpaired) electrons. The highest BCUT2D eigenvalue weighted by atomic mass is 35.5. The third-order valence-electron chi connectivity index (χ3n) is 8.01. The minimum absolute atomic E-state index is 0.0416. The second kappa shape index (κ2) is 16.2. The van der Waals surface area contributed by atoms with Crippen LogP contribution in [-0.2, 0) is 9.59 Å². The Hall–Kier alpha value is -4.72. The summed E-state index contributed by atoms with van der Waals surface area (Å²) in [5.41, 5.74) is 2.43. The van der Waals surface area contributed by atoms with Crippen LogP contribution in [0.2, 0.25) is 0 Å². The van der Waals surface area contributed by atoms with Crippen molar-refractivity contribution in [3.05, 3.63) is 103 Å². The highest BCUT2D eigenvalue weighted by Gasteiger charge is 2.24. The maximum Gasteiger partial charge on any atom is 0.227 e. The Kier molecular flexibility index (Phi) is 11.6. The van der Waals surface area contributed by atoms with Crippen LogP contribution < -0.4 is 14.8 Å². The van der Waals surface area contributed by atoms with Gasteiger partial charge in [-0.05, 0) is 65.1 Å². The number of Topliss-reactive ketones (excluding diaryl/α,β-unsaturated/α-hetero) is 2. The Morgan fingerprint density at radius 2 is 1.45 bits per heavy atom. The molecule has 5 aromatic carbocycles. The summed E-state index contributed by atoms with van der Waals surface area (Å²) in [4.78, 5) is 38.7. The summed E-state index contributed by atoms with van der Waals surface area (Å²) in [7, 11) is 0. The molecule has 0 spiro atoms. The van der Waals surface area contributed by atoms with E-state index < -0.39 is 18.3 Å². The van der Waals surface area contributed by atoms with Gasteiger partial charge in [-0.2, -0.15) is 0 Å². The molecule has 0 unspecified atom stereocenters. The van der Waals surface area contributed by atoms with E-state index in [1.807, 2.05) is 60.7 Å². The first-order chi connectivity index (χ1) is 22.9. The number of benzene rings is 5. The maximum atomic E-state index is 13.4. The number of anilines is 1. The summed E-state index contributed by atoms with van der Waals surface area (Å²) in [6, 6.07) is 30.4. The Morgan fingerprint density at radius 3 is 2.06 bits per heavy atom. The van der Waals surface area contributed by atoms with Gasteiger partial charge >= 0.3 is 0 Å². The first-order valence-electron chi connectivity index (χ1n) is 15.9. The quantitative estimate of drug-likeness (QED) is 0.0823. The molecule has 8 heteroatoms. The first kappa shape index (κ1) is 33.6. The van der Waals surface area contributed by atoms with Crippen LogP contribution in [0.4, 0.5) is 5.69 Å². The SMILES string of the molecule is CCCOc1ccc2ccccc2c1-c1c(OCC(=O)C[C@H](CCCCl)C(=O)Nc2cccc(C(=O)CO)c2)ccc2ccccc12. The smallest absolute Gasteiger partial charge is 0.227 e. The lowest BCUT2D eigenvalue weighted by atomic mass is 9.92. The van der Waals surface area contributed by atoms with E-state index in [-0.39, 0.29) is 30.3 Å². The van der Waals surface area contributed by atoms with Crippen molar-refractivity contribution in [1.82, 2.24) is 0 Å². The van der Waals surface area contributed by atoms with Gasteiger partial charge in [0.05, 0.1) is 6.61 Å². The molecule has 0 aliphatic rings. The highest BCUT2D eigenvalue weighted by molar-refractivity contribution is 6.17. The van der Waals surface area contributed by atoms with Crippen LogP contribution in [0, 0.1) is 5.92 Å².